The van der Waals surface area contributed by atoms with Crippen LogP contribution in [-0.4, -0.2) is 17.6 Å². The number of aryl methyl sites for hydroxylation is 1. The number of carbonyl (C=O) groups is 1. The number of benzene rings is 1. The number of esters is 1. The van der Waals surface area contributed by atoms with E-state index in [-0.39, 0.29) is 5.97 Å². The number of nitrogens with one attached hydrogen (secondary N) is 1. The third-order valence-electron chi connectivity index (χ3n) is 3.44. The van der Waals surface area contributed by atoms with E-state index in [4.69, 9.17) is 4.74 Å². The first kappa shape index (κ1) is 13.7. The monoisotopic (exact) mass is 259 g/mol. The van der Waals surface area contributed by atoms with E-state index in [0.717, 1.165) is 22.2 Å². The average Bonchev–Trinajstić information content (AvgIpc) is 2.65. The van der Waals surface area contributed by atoms with Gasteiger partial charge in [-0.05, 0) is 43.0 Å². The highest BCUT2D eigenvalue weighted by Crippen LogP contribution is 2.26. The Bertz CT molecular complexity index is 596. The molecule has 19 heavy (non-hydrogen) atoms. The summed E-state index contributed by atoms with van der Waals surface area (Å²) < 4.78 is 5.04. The van der Waals surface area contributed by atoms with Crippen molar-refractivity contribution in [2.45, 2.75) is 40.0 Å². The Morgan fingerprint density at radius 3 is 2.74 bits per heavy atom. The number of ether oxygens (including phenoxy) is 1. The lowest BCUT2D eigenvalue weighted by Gasteiger charge is -2.06. The van der Waals surface area contributed by atoms with Gasteiger partial charge in [0.1, 0.15) is 0 Å². The summed E-state index contributed by atoms with van der Waals surface area (Å²) >= 11 is 0. The van der Waals surface area contributed by atoms with E-state index in [0.29, 0.717) is 18.9 Å². The van der Waals surface area contributed by atoms with Crippen molar-refractivity contribution >= 4 is 16.9 Å². The van der Waals surface area contributed by atoms with Crippen molar-refractivity contribution in [3.63, 3.8) is 0 Å². The summed E-state index contributed by atoms with van der Waals surface area (Å²) in [5.74, 6) is 0.316. The van der Waals surface area contributed by atoms with Crippen molar-refractivity contribution in [2.75, 3.05) is 6.61 Å². The van der Waals surface area contributed by atoms with Crippen LogP contribution >= 0.6 is 0 Å². The van der Waals surface area contributed by atoms with Crippen LogP contribution in [-0.2, 0) is 16.0 Å². The molecule has 1 heterocycles. The standard InChI is InChI=1S/C16H21NO2/c1-5-19-16(18)9-13-11(4)17-15-7-6-12(10(2)3)8-14(13)15/h6-8,10,17H,5,9H2,1-4H3. The maximum absolute atomic E-state index is 11.7. The number of aromatic amines is 1. The molecule has 1 N–H and O–H groups in total. The van der Waals surface area contributed by atoms with E-state index in [1.165, 1.54) is 5.56 Å². The lowest BCUT2D eigenvalue weighted by Crippen LogP contribution is -2.08. The van der Waals surface area contributed by atoms with Gasteiger partial charge in [-0.3, -0.25) is 4.79 Å². The Morgan fingerprint density at radius 1 is 1.37 bits per heavy atom. The van der Waals surface area contributed by atoms with Gasteiger partial charge in [0.15, 0.2) is 0 Å². The molecule has 0 radical (unpaired) electrons. The predicted octanol–water partition coefficient (Wildman–Crippen LogP) is 3.71. The summed E-state index contributed by atoms with van der Waals surface area (Å²) in [7, 11) is 0. The molecule has 3 nitrogen and oxygen atoms in total. The summed E-state index contributed by atoms with van der Waals surface area (Å²) in [6.45, 7) is 8.61. The molecule has 2 aromatic rings. The summed E-state index contributed by atoms with van der Waals surface area (Å²) in [4.78, 5) is 15.0. The molecule has 1 aromatic heterocycles. The van der Waals surface area contributed by atoms with Gasteiger partial charge in [-0.1, -0.05) is 19.9 Å². The number of H-pyrrole nitrogens is 1. The van der Waals surface area contributed by atoms with E-state index in [1.807, 2.05) is 13.8 Å². The van der Waals surface area contributed by atoms with E-state index >= 15 is 0 Å². The first-order valence-electron chi connectivity index (χ1n) is 6.79. The molecule has 0 aliphatic heterocycles. The first-order chi connectivity index (χ1) is 9.02. The van der Waals surface area contributed by atoms with Crippen LogP contribution < -0.4 is 0 Å². The second-order valence-corrected chi connectivity index (χ2v) is 5.17. The van der Waals surface area contributed by atoms with Crippen molar-refractivity contribution in [3.8, 4) is 0 Å². The highest BCUT2D eigenvalue weighted by Gasteiger charge is 2.14. The van der Waals surface area contributed by atoms with Crippen LogP contribution in [0.1, 0.15) is 43.5 Å². The molecule has 0 saturated heterocycles. The van der Waals surface area contributed by atoms with Gasteiger partial charge in [-0.2, -0.15) is 0 Å². The van der Waals surface area contributed by atoms with Crippen LogP contribution in [0.4, 0.5) is 0 Å². The van der Waals surface area contributed by atoms with Crippen LogP contribution in [0, 0.1) is 6.92 Å². The number of aromatic nitrogens is 1. The van der Waals surface area contributed by atoms with Crippen LogP contribution in [0.2, 0.25) is 0 Å². The molecular weight excluding hydrogens is 238 g/mol. The average molecular weight is 259 g/mol. The number of rotatable bonds is 4. The van der Waals surface area contributed by atoms with E-state index in [1.54, 1.807) is 0 Å². The molecular formula is C16H21NO2. The lowest BCUT2D eigenvalue weighted by atomic mass is 9.99. The Labute approximate surface area is 114 Å². The molecule has 1 aromatic carbocycles. The third-order valence-corrected chi connectivity index (χ3v) is 3.44. The zero-order chi connectivity index (χ0) is 14.0. The maximum Gasteiger partial charge on any atom is 0.310 e. The Kier molecular flexibility index (Phi) is 3.93. The summed E-state index contributed by atoms with van der Waals surface area (Å²) in [6, 6.07) is 6.40. The Hall–Kier alpha value is -1.77. The van der Waals surface area contributed by atoms with Gasteiger partial charge in [-0.15, -0.1) is 0 Å². The van der Waals surface area contributed by atoms with Gasteiger partial charge in [-0.25, -0.2) is 0 Å². The molecule has 0 atom stereocenters. The molecule has 3 heteroatoms. The van der Waals surface area contributed by atoms with E-state index in [2.05, 4.69) is 37.0 Å². The molecule has 0 spiro atoms. The maximum atomic E-state index is 11.7. The van der Waals surface area contributed by atoms with Gasteiger partial charge in [0.2, 0.25) is 0 Å². The highest BCUT2D eigenvalue weighted by atomic mass is 16.5. The quantitative estimate of drug-likeness (QED) is 0.850. The molecule has 102 valence electrons. The van der Waals surface area contributed by atoms with Crippen molar-refractivity contribution in [1.29, 1.82) is 0 Å². The fraction of sp³-hybridized carbons (Fsp3) is 0.438. The molecule has 0 saturated carbocycles. The predicted molar refractivity (Wildman–Crippen MR) is 77.5 cm³/mol. The zero-order valence-corrected chi connectivity index (χ0v) is 12.0. The van der Waals surface area contributed by atoms with Gasteiger partial charge >= 0.3 is 5.97 Å². The van der Waals surface area contributed by atoms with E-state index in [9.17, 15) is 4.79 Å². The third kappa shape index (κ3) is 2.80. The molecule has 0 amide bonds. The van der Waals surface area contributed by atoms with Crippen molar-refractivity contribution in [1.82, 2.24) is 4.98 Å². The van der Waals surface area contributed by atoms with Gasteiger partial charge in [0.25, 0.3) is 0 Å². The minimum absolute atomic E-state index is 0.165. The van der Waals surface area contributed by atoms with Gasteiger partial charge in [0.05, 0.1) is 13.0 Å². The fourth-order valence-electron chi connectivity index (χ4n) is 2.34. The SMILES string of the molecule is CCOC(=O)Cc1c(C)[nH]c2ccc(C(C)C)cc12. The van der Waals surface area contributed by atoms with Crippen LogP contribution in [0.3, 0.4) is 0 Å². The van der Waals surface area contributed by atoms with Crippen LogP contribution in [0.5, 0.6) is 0 Å². The minimum Gasteiger partial charge on any atom is -0.466 e. The lowest BCUT2D eigenvalue weighted by molar-refractivity contribution is -0.142. The van der Waals surface area contributed by atoms with Gasteiger partial charge in [0, 0.05) is 16.6 Å². The molecule has 0 aliphatic rings. The molecule has 0 unspecified atom stereocenters. The minimum atomic E-state index is -0.165. The number of hydrogen-bond acceptors (Lipinski definition) is 2. The van der Waals surface area contributed by atoms with Crippen molar-refractivity contribution in [3.05, 3.63) is 35.0 Å². The van der Waals surface area contributed by atoms with Crippen LogP contribution in [0.25, 0.3) is 10.9 Å². The summed E-state index contributed by atoms with van der Waals surface area (Å²) in [5.41, 5.74) is 4.47. The van der Waals surface area contributed by atoms with Crippen molar-refractivity contribution < 1.29 is 9.53 Å². The second-order valence-electron chi connectivity index (χ2n) is 5.17. The number of carbonyl (C=O) groups excluding carboxylic acids is 1. The Balaban J connectivity index is 2.43. The first-order valence-corrected chi connectivity index (χ1v) is 6.79. The summed E-state index contributed by atoms with van der Waals surface area (Å²) in [5, 5.41) is 1.14. The number of fused-ring (bicyclic) bond motifs is 1. The normalized spacial score (nSPS) is 11.2. The van der Waals surface area contributed by atoms with E-state index < -0.39 is 0 Å². The zero-order valence-electron chi connectivity index (χ0n) is 12.0. The summed E-state index contributed by atoms with van der Waals surface area (Å²) in [6.07, 6.45) is 0.335. The second kappa shape index (κ2) is 5.47. The fourth-order valence-corrected chi connectivity index (χ4v) is 2.34. The molecule has 0 bridgehead atoms. The topological polar surface area (TPSA) is 42.1 Å². The smallest absolute Gasteiger partial charge is 0.310 e. The largest absolute Gasteiger partial charge is 0.466 e. The molecule has 0 aliphatic carbocycles. The Morgan fingerprint density at radius 2 is 2.11 bits per heavy atom. The van der Waals surface area contributed by atoms with Crippen LogP contribution in [0.15, 0.2) is 18.2 Å². The van der Waals surface area contributed by atoms with Gasteiger partial charge < -0.3 is 9.72 Å². The molecule has 0 fully saturated rings. The molecule has 2 rings (SSSR count). The number of hydrogen-bond donors (Lipinski definition) is 1. The van der Waals surface area contributed by atoms with Crippen molar-refractivity contribution in [2.24, 2.45) is 0 Å². The highest BCUT2D eigenvalue weighted by molar-refractivity contribution is 5.89.